The molecule has 0 unspecified atom stereocenters. The predicted octanol–water partition coefficient (Wildman–Crippen LogP) is 5.99. The molecule has 34 heavy (non-hydrogen) atoms. The van der Waals surface area contributed by atoms with Gasteiger partial charge in [-0.3, -0.25) is 0 Å². The molecule has 1 heterocycles. The zero-order valence-corrected chi connectivity index (χ0v) is 26.3. The Bertz CT molecular complexity index is 1190. The van der Waals surface area contributed by atoms with Gasteiger partial charge in [-0.15, -0.1) is 0 Å². The van der Waals surface area contributed by atoms with Crippen molar-refractivity contribution >= 4 is 75.4 Å². The number of fused-ring (bicyclic) bond motifs is 4. The van der Waals surface area contributed by atoms with Gasteiger partial charge in [-0.25, -0.2) is 0 Å². The topological polar surface area (TPSA) is 0 Å². The minimum absolute atomic E-state index is 1.38. The van der Waals surface area contributed by atoms with Crippen molar-refractivity contribution in [3.05, 3.63) is 119 Å². The second kappa shape index (κ2) is 9.54. The van der Waals surface area contributed by atoms with E-state index >= 15 is 0 Å². The Morgan fingerprint density at radius 2 is 0.529 bits per heavy atom. The summed E-state index contributed by atoms with van der Waals surface area (Å²) in [6.45, 7) is 0. The number of hydrogen-bond donors (Lipinski definition) is 0. The van der Waals surface area contributed by atoms with Gasteiger partial charge in [0.2, 0.25) is 0 Å². The Kier molecular flexibility index (Phi) is 6.65. The van der Waals surface area contributed by atoms with E-state index < -0.39 is 36.8 Å². The molecule has 1 aliphatic heterocycles. The molecule has 168 valence electrons. The van der Waals surface area contributed by atoms with Gasteiger partial charge >= 0.3 is 214 Å². The van der Waals surface area contributed by atoms with E-state index in [1.54, 1.807) is 14.3 Å². The molecule has 0 radical (unpaired) electrons. The molecule has 0 aromatic heterocycles. The molecule has 0 spiro atoms. The quantitative estimate of drug-likeness (QED) is 0.205. The summed E-state index contributed by atoms with van der Waals surface area (Å²) in [5.41, 5.74) is 5.51. The van der Waals surface area contributed by atoms with Gasteiger partial charge in [-0.1, -0.05) is 0 Å². The van der Waals surface area contributed by atoms with Gasteiger partial charge in [-0.2, -0.15) is 0 Å². The SMILES string of the molecule is [CH3][Sn]1([CH3])[c]2ccccc2/C=C\c2cccc[c]2[Sn]([CH3])([CH3])[c]2ccccc2/C=C\c2cccc[c]21. The van der Waals surface area contributed by atoms with Crippen molar-refractivity contribution < 1.29 is 0 Å². The maximum atomic E-state index is 2.56. The third-order valence-corrected chi connectivity index (χ3v) is 28.0. The van der Waals surface area contributed by atoms with Crippen molar-refractivity contribution in [2.75, 3.05) is 0 Å². The van der Waals surface area contributed by atoms with Gasteiger partial charge in [0.15, 0.2) is 0 Å². The molecule has 1 aliphatic rings. The van der Waals surface area contributed by atoms with Gasteiger partial charge in [0.1, 0.15) is 0 Å². The monoisotopic (exact) mass is 656 g/mol. The third kappa shape index (κ3) is 4.35. The summed E-state index contributed by atoms with van der Waals surface area (Å²) in [7, 11) is 0. The third-order valence-electron chi connectivity index (χ3n) is 7.42. The number of benzene rings is 4. The van der Waals surface area contributed by atoms with E-state index in [0.29, 0.717) is 0 Å². The fourth-order valence-corrected chi connectivity index (χ4v) is 23.1. The van der Waals surface area contributed by atoms with Crippen LogP contribution in [0.25, 0.3) is 24.3 Å². The van der Waals surface area contributed by atoms with Gasteiger partial charge in [0.25, 0.3) is 0 Å². The van der Waals surface area contributed by atoms with E-state index in [0.717, 1.165) is 0 Å². The van der Waals surface area contributed by atoms with Gasteiger partial charge in [-0.05, 0) is 0 Å². The summed E-state index contributed by atoms with van der Waals surface area (Å²) in [5.74, 6) is 0. The molecule has 0 atom stereocenters. The van der Waals surface area contributed by atoms with Crippen molar-refractivity contribution in [2.45, 2.75) is 19.8 Å². The minimum atomic E-state index is -2.86. The Labute approximate surface area is 212 Å². The summed E-state index contributed by atoms with van der Waals surface area (Å²) >= 11 is -5.72. The van der Waals surface area contributed by atoms with Crippen LogP contribution in [0.4, 0.5) is 0 Å². The summed E-state index contributed by atoms with van der Waals surface area (Å²) in [6, 6.07) is 36.4. The molecule has 0 aliphatic carbocycles. The first-order valence-electron chi connectivity index (χ1n) is 12.1. The predicted molar refractivity (Wildman–Crippen MR) is 157 cm³/mol. The summed E-state index contributed by atoms with van der Waals surface area (Å²) in [6.07, 6.45) is 9.52. The van der Waals surface area contributed by atoms with Crippen LogP contribution < -0.4 is 14.3 Å². The molecule has 0 amide bonds. The van der Waals surface area contributed by atoms with Crippen LogP contribution in [-0.2, 0) is 0 Å². The first kappa shape index (κ1) is 23.7. The molecule has 4 aromatic carbocycles. The van der Waals surface area contributed by atoms with Gasteiger partial charge < -0.3 is 0 Å². The number of rotatable bonds is 0. The van der Waals surface area contributed by atoms with E-state index in [2.05, 4.69) is 141 Å². The van der Waals surface area contributed by atoms with Crippen molar-refractivity contribution in [2.24, 2.45) is 0 Å². The second-order valence-corrected chi connectivity index (χ2v) is 35.0. The van der Waals surface area contributed by atoms with Crippen LogP contribution in [0, 0.1) is 0 Å². The summed E-state index contributed by atoms with van der Waals surface area (Å²) in [5, 5.41) is 0. The summed E-state index contributed by atoms with van der Waals surface area (Å²) < 4.78 is 6.25. The zero-order valence-electron chi connectivity index (χ0n) is 20.5. The van der Waals surface area contributed by atoms with E-state index in [4.69, 9.17) is 0 Å². The fourth-order valence-electron chi connectivity index (χ4n) is 5.50. The van der Waals surface area contributed by atoms with Crippen LogP contribution in [0.5, 0.6) is 0 Å². The summed E-state index contributed by atoms with van der Waals surface area (Å²) in [4.78, 5) is 10.2. The average Bonchev–Trinajstić information content (AvgIpc) is 2.86. The fraction of sp³-hybridized carbons (Fsp3) is 0.125. The van der Waals surface area contributed by atoms with Crippen LogP contribution >= 0.6 is 0 Å². The first-order valence-corrected chi connectivity index (χ1v) is 29.3. The molecule has 0 fully saturated rings. The van der Waals surface area contributed by atoms with Crippen molar-refractivity contribution in [1.29, 1.82) is 0 Å². The van der Waals surface area contributed by atoms with E-state index in [9.17, 15) is 0 Å². The zero-order chi connectivity index (χ0) is 23.8. The van der Waals surface area contributed by atoms with Crippen LogP contribution in [0.2, 0.25) is 19.8 Å². The Balaban J connectivity index is 1.83. The molecule has 4 aromatic rings. The van der Waals surface area contributed by atoms with Gasteiger partial charge in [0, 0.05) is 0 Å². The molecule has 0 saturated heterocycles. The molecule has 0 nitrogen and oxygen atoms in total. The normalized spacial score (nSPS) is 17.8. The van der Waals surface area contributed by atoms with E-state index in [-0.39, 0.29) is 0 Å². The molecular formula is C32H32Sn2. The maximum absolute atomic E-state index is 2.86. The van der Waals surface area contributed by atoms with Crippen LogP contribution in [0.3, 0.4) is 0 Å². The first-order chi connectivity index (χ1) is 16.4. The molecule has 0 N–H and O–H groups in total. The Morgan fingerprint density at radius 3 is 0.765 bits per heavy atom. The Hall–Kier alpha value is -2.04. The van der Waals surface area contributed by atoms with Crippen LogP contribution in [0.1, 0.15) is 22.3 Å². The molecule has 0 bridgehead atoms. The van der Waals surface area contributed by atoms with Crippen LogP contribution in [0.15, 0.2) is 97.1 Å². The van der Waals surface area contributed by atoms with Crippen molar-refractivity contribution in [3.8, 4) is 0 Å². The standard InChI is InChI=1S/2C14H10.4CH3.2Sn/c2*1-3-7-13(8-4-1)11-12-14-9-5-2-6-10-14;;;;;;/h2*1-7,9,11-12H;4*1H3;;/b2*12-11-;;;;;;. The van der Waals surface area contributed by atoms with Crippen LogP contribution in [-0.4, -0.2) is 36.8 Å². The van der Waals surface area contributed by atoms with Gasteiger partial charge in [0.05, 0.1) is 0 Å². The van der Waals surface area contributed by atoms with E-state index in [1.165, 1.54) is 22.3 Å². The Morgan fingerprint density at radius 1 is 0.324 bits per heavy atom. The van der Waals surface area contributed by atoms with Crippen molar-refractivity contribution in [1.82, 2.24) is 0 Å². The molecule has 0 saturated carbocycles. The second-order valence-electron chi connectivity index (χ2n) is 10.3. The molecule has 5 rings (SSSR count). The number of hydrogen-bond acceptors (Lipinski definition) is 0. The average molecular weight is 654 g/mol. The van der Waals surface area contributed by atoms with E-state index in [1.807, 2.05) is 0 Å². The molecule has 2 heteroatoms. The molecular weight excluding hydrogens is 622 g/mol. The van der Waals surface area contributed by atoms with Crippen molar-refractivity contribution in [3.63, 3.8) is 0 Å².